The molecule has 1 heterocycles. The van der Waals surface area contributed by atoms with Gasteiger partial charge in [-0.2, -0.15) is 0 Å². The molecule has 14 heavy (non-hydrogen) atoms. The Hall–Kier alpha value is -1.55. The van der Waals surface area contributed by atoms with Crippen LogP contribution in [0.5, 0.6) is 0 Å². The highest BCUT2D eigenvalue weighted by molar-refractivity contribution is 5.74. The summed E-state index contributed by atoms with van der Waals surface area (Å²) < 4.78 is 4.98. The van der Waals surface area contributed by atoms with Gasteiger partial charge in [-0.05, 0) is 24.1 Å². The van der Waals surface area contributed by atoms with Gasteiger partial charge in [0.15, 0.2) is 0 Å². The van der Waals surface area contributed by atoms with Crippen LogP contribution in [0.15, 0.2) is 23.0 Å². The number of methoxy groups -OCH3 is 1. The number of aromatic nitrogens is 2. The van der Waals surface area contributed by atoms with Crippen molar-refractivity contribution in [1.29, 1.82) is 0 Å². The third-order valence-electron chi connectivity index (χ3n) is 2.18. The van der Waals surface area contributed by atoms with Crippen LogP contribution in [-0.2, 0) is 11.2 Å². The number of imidazole rings is 1. The van der Waals surface area contributed by atoms with Crippen molar-refractivity contribution in [2.45, 2.75) is 6.42 Å². The van der Waals surface area contributed by atoms with Gasteiger partial charge in [0, 0.05) is 7.11 Å². The normalized spacial score (nSPS) is 10.9. The molecule has 0 radical (unpaired) electrons. The van der Waals surface area contributed by atoms with E-state index in [9.17, 15) is 4.79 Å². The molecule has 2 N–H and O–H groups in total. The fourth-order valence-corrected chi connectivity index (χ4v) is 1.46. The fraction of sp³-hybridized carbons (Fsp3) is 0.300. The second-order valence-corrected chi connectivity index (χ2v) is 3.20. The molecule has 2 rings (SSSR count). The van der Waals surface area contributed by atoms with E-state index < -0.39 is 0 Å². The zero-order valence-corrected chi connectivity index (χ0v) is 7.96. The molecule has 0 aliphatic rings. The maximum Gasteiger partial charge on any atom is 0.323 e. The van der Waals surface area contributed by atoms with Gasteiger partial charge in [-0.25, -0.2) is 4.79 Å². The Balaban J connectivity index is 2.35. The third kappa shape index (κ3) is 1.70. The standard InChI is InChI=1S/C10H12N2O2/c1-14-5-4-7-2-3-8-9(6-7)12-10(13)11-8/h2-3,6H,4-5H2,1H3,(H2,11,12,13). The number of rotatable bonds is 3. The van der Waals surface area contributed by atoms with Crippen molar-refractivity contribution < 1.29 is 4.74 Å². The molecule has 1 aromatic carbocycles. The number of fused-ring (bicyclic) bond motifs is 1. The summed E-state index contributed by atoms with van der Waals surface area (Å²) in [5.74, 6) is 0. The van der Waals surface area contributed by atoms with E-state index in [0.717, 1.165) is 23.0 Å². The highest BCUT2D eigenvalue weighted by Crippen LogP contribution is 2.10. The van der Waals surface area contributed by atoms with Crippen LogP contribution in [0, 0.1) is 0 Å². The van der Waals surface area contributed by atoms with Gasteiger partial charge in [0.1, 0.15) is 0 Å². The van der Waals surface area contributed by atoms with E-state index in [2.05, 4.69) is 9.97 Å². The van der Waals surface area contributed by atoms with Crippen molar-refractivity contribution in [1.82, 2.24) is 9.97 Å². The van der Waals surface area contributed by atoms with E-state index >= 15 is 0 Å². The van der Waals surface area contributed by atoms with Gasteiger partial charge in [-0.1, -0.05) is 6.07 Å². The molecule has 0 amide bonds. The maximum absolute atomic E-state index is 11.0. The maximum atomic E-state index is 11.0. The number of nitrogens with one attached hydrogen (secondary N) is 2. The summed E-state index contributed by atoms with van der Waals surface area (Å²) in [6.45, 7) is 0.695. The van der Waals surface area contributed by atoms with Crippen LogP contribution < -0.4 is 5.69 Å². The lowest BCUT2D eigenvalue weighted by molar-refractivity contribution is 0.202. The molecule has 0 spiro atoms. The minimum absolute atomic E-state index is 0.163. The molecular formula is C10H12N2O2. The zero-order chi connectivity index (χ0) is 9.97. The minimum Gasteiger partial charge on any atom is -0.384 e. The first kappa shape index (κ1) is 9.02. The van der Waals surface area contributed by atoms with Gasteiger partial charge < -0.3 is 14.7 Å². The van der Waals surface area contributed by atoms with Crippen LogP contribution in [0.4, 0.5) is 0 Å². The Kier molecular flexibility index (Phi) is 2.37. The molecule has 4 heteroatoms. The monoisotopic (exact) mass is 192 g/mol. The second-order valence-electron chi connectivity index (χ2n) is 3.20. The highest BCUT2D eigenvalue weighted by atomic mass is 16.5. The number of aromatic amines is 2. The summed E-state index contributed by atoms with van der Waals surface area (Å²) in [7, 11) is 1.68. The van der Waals surface area contributed by atoms with E-state index in [0.29, 0.717) is 6.61 Å². The van der Waals surface area contributed by atoms with Crippen LogP contribution in [0.25, 0.3) is 11.0 Å². The molecular weight excluding hydrogens is 180 g/mol. The van der Waals surface area contributed by atoms with E-state index in [-0.39, 0.29) is 5.69 Å². The number of hydrogen-bond donors (Lipinski definition) is 2. The summed E-state index contributed by atoms with van der Waals surface area (Å²) in [6.07, 6.45) is 0.861. The molecule has 0 saturated carbocycles. The lowest BCUT2D eigenvalue weighted by Crippen LogP contribution is -1.99. The van der Waals surface area contributed by atoms with Crippen LogP contribution in [0.3, 0.4) is 0 Å². The zero-order valence-electron chi connectivity index (χ0n) is 7.96. The van der Waals surface area contributed by atoms with Gasteiger partial charge >= 0.3 is 5.69 Å². The largest absolute Gasteiger partial charge is 0.384 e. The van der Waals surface area contributed by atoms with Crippen LogP contribution in [0.2, 0.25) is 0 Å². The second kappa shape index (κ2) is 3.67. The molecule has 0 unspecified atom stereocenters. The van der Waals surface area contributed by atoms with E-state index in [1.54, 1.807) is 7.11 Å². The molecule has 74 valence electrons. The summed E-state index contributed by atoms with van der Waals surface area (Å²) in [5.41, 5.74) is 2.69. The third-order valence-corrected chi connectivity index (χ3v) is 2.18. The highest BCUT2D eigenvalue weighted by Gasteiger charge is 1.99. The van der Waals surface area contributed by atoms with E-state index in [1.165, 1.54) is 0 Å². The van der Waals surface area contributed by atoms with Gasteiger partial charge in [0.05, 0.1) is 17.6 Å². The first-order valence-electron chi connectivity index (χ1n) is 4.49. The van der Waals surface area contributed by atoms with Crippen molar-refractivity contribution in [3.8, 4) is 0 Å². The average Bonchev–Trinajstić information content (AvgIpc) is 2.54. The molecule has 0 fully saturated rings. The summed E-state index contributed by atoms with van der Waals surface area (Å²) >= 11 is 0. The van der Waals surface area contributed by atoms with Gasteiger partial charge in [-0.3, -0.25) is 0 Å². The van der Waals surface area contributed by atoms with Gasteiger partial charge in [0.2, 0.25) is 0 Å². The first-order valence-corrected chi connectivity index (χ1v) is 4.49. The van der Waals surface area contributed by atoms with Crippen molar-refractivity contribution in [2.75, 3.05) is 13.7 Å². The Labute approximate surface area is 80.9 Å². The van der Waals surface area contributed by atoms with Crippen LogP contribution >= 0.6 is 0 Å². The van der Waals surface area contributed by atoms with Crippen molar-refractivity contribution in [2.24, 2.45) is 0 Å². The number of H-pyrrole nitrogens is 2. The summed E-state index contributed by atoms with van der Waals surface area (Å²) in [6, 6.07) is 5.86. The average molecular weight is 192 g/mol. The van der Waals surface area contributed by atoms with E-state index in [1.807, 2.05) is 18.2 Å². The lowest BCUT2D eigenvalue weighted by atomic mass is 10.1. The quantitative estimate of drug-likeness (QED) is 0.763. The topological polar surface area (TPSA) is 57.9 Å². The van der Waals surface area contributed by atoms with Gasteiger partial charge in [-0.15, -0.1) is 0 Å². The Morgan fingerprint density at radius 2 is 2.07 bits per heavy atom. The fourth-order valence-electron chi connectivity index (χ4n) is 1.46. The SMILES string of the molecule is COCCc1ccc2[nH]c(=O)[nH]c2c1. The number of hydrogen-bond acceptors (Lipinski definition) is 2. The molecule has 0 aliphatic carbocycles. The molecule has 0 aliphatic heterocycles. The molecule has 0 bridgehead atoms. The van der Waals surface area contributed by atoms with Crippen LogP contribution in [0.1, 0.15) is 5.56 Å². The molecule has 1 aromatic heterocycles. The predicted molar refractivity (Wildman–Crippen MR) is 54.5 cm³/mol. The summed E-state index contributed by atoms with van der Waals surface area (Å²) in [5, 5.41) is 0. The van der Waals surface area contributed by atoms with E-state index in [4.69, 9.17) is 4.74 Å². The molecule has 2 aromatic rings. The number of ether oxygens (including phenoxy) is 1. The first-order chi connectivity index (χ1) is 6.79. The Bertz CT molecular complexity index is 484. The predicted octanol–water partition coefficient (Wildman–Crippen LogP) is 1.05. The van der Waals surface area contributed by atoms with Gasteiger partial charge in [0.25, 0.3) is 0 Å². The smallest absolute Gasteiger partial charge is 0.323 e. The van der Waals surface area contributed by atoms with Crippen LogP contribution in [-0.4, -0.2) is 23.7 Å². The summed E-state index contributed by atoms with van der Waals surface area (Å²) in [4.78, 5) is 16.4. The Morgan fingerprint density at radius 1 is 1.29 bits per heavy atom. The molecule has 0 saturated heterocycles. The Morgan fingerprint density at radius 3 is 2.86 bits per heavy atom. The molecule has 4 nitrogen and oxygen atoms in total. The minimum atomic E-state index is -0.163. The number of benzene rings is 1. The van der Waals surface area contributed by atoms with Crippen molar-refractivity contribution in [3.63, 3.8) is 0 Å². The van der Waals surface area contributed by atoms with Crippen molar-refractivity contribution >= 4 is 11.0 Å². The molecule has 0 atom stereocenters. The van der Waals surface area contributed by atoms with Crippen molar-refractivity contribution in [3.05, 3.63) is 34.2 Å². The lowest BCUT2D eigenvalue weighted by Gasteiger charge is -1.99.